The zero-order chi connectivity index (χ0) is 9.92. The van der Waals surface area contributed by atoms with Crippen molar-refractivity contribution in [2.24, 2.45) is 0 Å². The van der Waals surface area contributed by atoms with Gasteiger partial charge in [0, 0.05) is 6.54 Å². The van der Waals surface area contributed by atoms with E-state index in [1.807, 2.05) is 13.8 Å². The summed E-state index contributed by atoms with van der Waals surface area (Å²) in [7, 11) is 0. The average molecular weight is 201 g/mol. The van der Waals surface area contributed by atoms with E-state index in [0.29, 0.717) is 6.54 Å². The predicted octanol–water partition coefficient (Wildman–Crippen LogP) is -0.805. The van der Waals surface area contributed by atoms with E-state index in [9.17, 15) is 5.11 Å². The Balaban J connectivity index is 1.80. The molecule has 0 aromatic carbocycles. The van der Waals surface area contributed by atoms with Crippen LogP contribution < -0.4 is 5.32 Å². The molecule has 0 amide bonds. The van der Waals surface area contributed by atoms with Crippen LogP contribution in [-0.4, -0.2) is 48.1 Å². The lowest BCUT2D eigenvalue weighted by Crippen LogP contribution is -2.40. The van der Waals surface area contributed by atoms with Crippen molar-refractivity contribution in [3.8, 4) is 0 Å². The van der Waals surface area contributed by atoms with E-state index in [1.165, 1.54) is 0 Å². The fraction of sp³-hybridized carbons (Fsp3) is 1.00. The van der Waals surface area contributed by atoms with Crippen LogP contribution in [0.1, 0.15) is 13.8 Å². The van der Waals surface area contributed by atoms with Crippen LogP contribution >= 0.6 is 0 Å². The van der Waals surface area contributed by atoms with Crippen LogP contribution in [0, 0.1) is 0 Å². The summed E-state index contributed by atoms with van der Waals surface area (Å²) in [5.74, 6) is -0.574. The van der Waals surface area contributed by atoms with Crippen molar-refractivity contribution in [1.82, 2.24) is 5.32 Å². The van der Waals surface area contributed by atoms with Crippen molar-refractivity contribution >= 4 is 0 Å². The molecule has 0 aromatic heterocycles. The molecule has 0 saturated carbocycles. The third kappa shape index (κ3) is 1.14. The average Bonchev–Trinajstić information content (AvgIpc) is 2.63. The number of β-amino-alcohol motifs (C(OH)–C–C–N with tert-alkyl or cyclic N) is 1. The maximum Gasteiger partial charge on any atom is 0.189 e. The summed E-state index contributed by atoms with van der Waals surface area (Å²) >= 11 is 0. The Bertz CT molecular complexity index is 257. The van der Waals surface area contributed by atoms with Crippen LogP contribution in [0.4, 0.5) is 0 Å². The molecule has 5 atom stereocenters. The van der Waals surface area contributed by atoms with E-state index in [4.69, 9.17) is 14.2 Å². The molecular formula is C9H15NO4. The van der Waals surface area contributed by atoms with Gasteiger partial charge >= 0.3 is 0 Å². The molecule has 0 radical (unpaired) electrons. The summed E-state index contributed by atoms with van der Waals surface area (Å²) in [5.41, 5.74) is 0. The number of aliphatic hydroxyl groups excluding tert-OH is 1. The second-order valence-electron chi connectivity index (χ2n) is 4.57. The Morgan fingerprint density at radius 3 is 2.86 bits per heavy atom. The van der Waals surface area contributed by atoms with E-state index < -0.39 is 11.9 Å². The molecule has 3 aliphatic heterocycles. The molecule has 5 nitrogen and oxygen atoms in total. The first-order chi connectivity index (χ1) is 6.57. The lowest BCUT2D eigenvalue weighted by Gasteiger charge is -2.22. The van der Waals surface area contributed by atoms with Gasteiger partial charge in [-0.1, -0.05) is 0 Å². The van der Waals surface area contributed by atoms with Gasteiger partial charge in [0.05, 0.1) is 12.1 Å². The highest BCUT2D eigenvalue weighted by Gasteiger charge is 2.58. The molecule has 3 rings (SSSR count). The van der Waals surface area contributed by atoms with Crippen LogP contribution in [0.5, 0.6) is 0 Å². The first-order valence-electron chi connectivity index (χ1n) is 4.99. The van der Waals surface area contributed by atoms with Gasteiger partial charge in [-0.3, -0.25) is 0 Å². The first kappa shape index (κ1) is 9.06. The Morgan fingerprint density at radius 2 is 2.07 bits per heavy atom. The van der Waals surface area contributed by atoms with Crippen LogP contribution in [0.2, 0.25) is 0 Å². The highest BCUT2D eigenvalue weighted by atomic mass is 16.8. The van der Waals surface area contributed by atoms with Gasteiger partial charge in [0.25, 0.3) is 0 Å². The zero-order valence-corrected chi connectivity index (χ0v) is 8.27. The van der Waals surface area contributed by atoms with Gasteiger partial charge in [0.1, 0.15) is 12.2 Å². The van der Waals surface area contributed by atoms with Gasteiger partial charge < -0.3 is 24.6 Å². The molecule has 0 spiro atoms. The van der Waals surface area contributed by atoms with Crippen molar-refractivity contribution in [2.45, 2.75) is 50.3 Å². The predicted molar refractivity (Wildman–Crippen MR) is 46.5 cm³/mol. The van der Waals surface area contributed by atoms with Crippen molar-refractivity contribution in [2.75, 3.05) is 6.54 Å². The van der Waals surface area contributed by atoms with E-state index in [1.54, 1.807) is 0 Å². The molecular weight excluding hydrogens is 186 g/mol. The molecule has 14 heavy (non-hydrogen) atoms. The number of aliphatic hydroxyl groups is 1. The number of fused-ring (bicyclic) bond motifs is 3. The SMILES string of the molecule is CC1(C)O[C@H]2O[C@@H]3[C@@H](NC[C@H]3O)[C@H]2O1. The number of hydrogen-bond donors (Lipinski definition) is 2. The summed E-state index contributed by atoms with van der Waals surface area (Å²) < 4.78 is 16.9. The molecule has 0 bridgehead atoms. The first-order valence-corrected chi connectivity index (χ1v) is 4.99. The minimum Gasteiger partial charge on any atom is -0.389 e. The number of hydrogen-bond acceptors (Lipinski definition) is 5. The maximum absolute atomic E-state index is 9.59. The van der Waals surface area contributed by atoms with Crippen molar-refractivity contribution < 1.29 is 19.3 Å². The topological polar surface area (TPSA) is 60.0 Å². The lowest BCUT2D eigenvalue weighted by atomic mass is 10.1. The summed E-state index contributed by atoms with van der Waals surface area (Å²) in [6, 6.07) is 0.0665. The zero-order valence-electron chi connectivity index (χ0n) is 8.27. The third-order valence-electron chi connectivity index (χ3n) is 3.03. The van der Waals surface area contributed by atoms with Crippen LogP contribution in [0.15, 0.2) is 0 Å². The smallest absolute Gasteiger partial charge is 0.189 e. The molecule has 3 saturated heterocycles. The number of nitrogens with one attached hydrogen (secondary N) is 1. The van der Waals surface area contributed by atoms with E-state index >= 15 is 0 Å². The Morgan fingerprint density at radius 1 is 1.29 bits per heavy atom. The number of ether oxygens (including phenoxy) is 3. The summed E-state index contributed by atoms with van der Waals surface area (Å²) in [4.78, 5) is 0. The Hall–Kier alpha value is -0.200. The maximum atomic E-state index is 9.59. The standard InChI is InChI=1S/C9H15NO4/c1-9(2)13-7-5-6(4(11)3-10-5)12-8(7)14-9/h4-8,10-11H,3H2,1-2H3/t4-,5-,6+,7-,8-/m1/s1. The van der Waals surface area contributed by atoms with E-state index in [0.717, 1.165) is 0 Å². The normalized spacial score (nSPS) is 54.6. The minimum absolute atomic E-state index is 0.0665. The summed E-state index contributed by atoms with van der Waals surface area (Å²) in [5, 5.41) is 12.8. The molecule has 80 valence electrons. The van der Waals surface area contributed by atoms with Crippen molar-refractivity contribution in [3.05, 3.63) is 0 Å². The number of rotatable bonds is 0. The van der Waals surface area contributed by atoms with Crippen LogP contribution in [0.25, 0.3) is 0 Å². The quantitative estimate of drug-likeness (QED) is 0.537. The fourth-order valence-corrected chi connectivity index (χ4v) is 2.47. The largest absolute Gasteiger partial charge is 0.389 e. The van der Waals surface area contributed by atoms with Gasteiger partial charge in [0.15, 0.2) is 12.1 Å². The fourth-order valence-electron chi connectivity index (χ4n) is 2.47. The van der Waals surface area contributed by atoms with Gasteiger partial charge in [-0.05, 0) is 13.8 Å². The molecule has 3 aliphatic rings. The third-order valence-corrected chi connectivity index (χ3v) is 3.03. The van der Waals surface area contributed by atoms with Crippen LogP contribution in [-0.2, 0) is 14.2 Å². The molecule has 5 heteroatoms. The van der Waals surface area contributed by atoms with E-state index in [2.05, 4.69) is 5.32 Å². The summed E-state index contributed by atoms with van der Waals surface area (Å²) in [6.07, 6.45) is -1.04. The highest BCUT2D eigenvalue weighted by molar-refractivity contribution is 5.04. The van der Waals surface area contributed by atoms with Crippen molar-refractivity contribution in [3.63, 3.8) is 0 Å². The Kier molecular flexibility index (Phi) is 1.73. The lowest BCUT2D eigenvalue weighted by molar-refractivity contribution is -0.211. The molecule has 2 N–H and O–H groups in total. The van der Waals surface area contributed by atoms with E-state index in [-0.39, 0.29) is 24.5 Å². The summed E-state index contributed by atoms with van der Waals surface area (Å²) in [6.45, 7) is 4.31. The van der Waals surface area contributed by atoms with Gasteiger partial charge in [-0.25, -0.2) is 0 Å². The van der Waals surface area contributed by atoms with Gasteiger partial charge in [-0.15, -0.1) is 0 Å². The second-order valence-corrected chi connectivity index (χ2v) is 4.57. The Labute approximate surface area is 82.3 Å². The molecule has 3 fully saturated rings. The molecule has 3 heterocycles. The van der Waals surface area contributed by atoms with Gasteiger partial charge in [-0.2, -0.15) is 0 Å². The monoisotopic (exact) mass is 201 g/mol. The van der Waals surface area contributed by atoms with Gasteiger partial charge in [0.2, 0.25) is 0 Å². The second kappa shape index (κ2) is 2.68. The minimum atomic E-state index is -0.574. The molecule has 0 aliphatic carbocycles. The highest BCUT2D eigenvalue weighted by Crippen LogP contribution is 2.39. The van der Waals surface area contributed by atoms with Crippen molar-refractivity contribution in [1.29, 1.82) is 0 Å². The molecule has 0 unspecified atom stereocenters. The van der Waals surface area contributed by atoms with Crippen LogP contribution in [0.3, 0.4) is 0 Å². The molecule has 0 aromatic rings.